The van der Waals surface area contributed by atoms with Crippen LogP contribution in [0.25, 0.3) is 0 Å². The Hall–Kier alpha value is -0.0800. The van der Waals surface area contributed by atoms with Crippen molar-refractivity contribution in [1.82, 2.24) is 5.32 Å². The topological polar surface area (TPSA) is 32.3 Å². The minimum Gasteiger partial charge on any atom is -0.396 e. The molecule has 0 aromatic heterocycles. The second-order valence-corrected chi connectivity index (χ2v) is 1.78. The molecular weight excluding hydrogens is 186 g/mol. The van der Waals surface area contributed by atoms with Crippen LogP contribution >= 0.6 is 0 Å². The van der Waals surface area contributed by atoms with E-state index in [9.17, 15) is 0 Å². The van der Waals surface area contributed by atoms with E-state index in [-0.39, 0.29) is 0 Å². The third-order valence-electron chi connectivity index (χ3n) is 0.865. The molecule has 0 aromatic carbocycles. The van der Waals surface area contributed by atoms with Crippen LogP contribution in [0.2, 0.25) is 0 Å². The summed E-state index contributed by atoms with van der Waals surface area (Å²) in [6.45, 7) is 17.5. The first-order chi connectivity index (χ1) is 7.33. The number of rotatable bonds is 3. The second kappa shape index (κ2) is 96.0. The van der Waals surface area contributed by atoms with Gasteiger partial charge >= 0.3 is 0 Å². The van der Waals surface area contributed by atoms with Gasteiger partial charge in [0.1, 0.15) is 0 Å². The van der Waals surface area contributed by atoms with Gasteiger partial charge in [0.25, 0.3) is 0 Å². The summed E-state index contributed by atoms with van der Waals surface area (Å²) >= 11 is 0. The third-order valence-corrected chi connectivity index (χ3v) is 0.865. The predicted molar refractivity (Wildman–Crippen MR) is 75.6 cm³/mol. The number of nitrogens with one attached hydrogen (secondary N) is 1. The number of unbranched alkanes of at least 4 members (excludes halogenated alkanes) is 1. The quantitative estimate of drug-likeness (QED) is 0.755. The molecule has 0 spiro atoms. The number of hydrogen-bond donors (Lipinski definition) is 2. The highest BCUT2D eigenvalue weighted by molar-refractivity contribution is 4.23. The first-order valence-electron chi connectivity index (χ1n) is 6.58. The summed E-state index contributed by atoms with van der Waals surface area (Å²) in [5.74, 6) is 0. The Labute approximate surface area is 99.5 Å². The number of aliphatic hydroxyl groups excluding tert-OH is 1. The van der Waals surface area contributed by atoms with Crippen molar-refractivity contribution in [2.45, 2.75) is 68.2 Å². The van der Waals surface area contributed by atoms with Gasteiger partial charge < -0.3 is 10.4 Å². The molecule has 0 aliphatic carbocycles. The van der Waals surface area contributed by atoms with E-state index in [0.717, 1.165) is 19.4 Å². The standard InChI is InChI=1S/C4H10O.C3H9N.3C2H6/c1-2-3-4-5;1-3-4-2;3*1-2/h5H,2-4H2,1H3;4H,3H2,1-2H3;3*1-2H3. The summed E-state index contributed by atoms with van der Waals surface area (Å²) in [5.41, 5.74) is 0. The first kappa shape index (κ1) is 29.4. The minimum absolute atomic E-state index is 0.344. The predicted octanol–water partition coefficient (Wildman–Crippen LogP) is 4.08. The highest BCUT2D eigenvalue weighted by Gasteiger charge is 1.69. The maximum Gasteiger partial charge on any atom is 0.0430 e. The molecule has 2 nitrogen and oxygen atoms in total. The van der Waals surface area contributed by atoms with Gasteiger partial charge in [-0.05, 0) is 20.0 Å². The fourth-order valence-corrected chi connectivity index (χ4v) is 0.158. The molecule has 0 unspecified atom stereocenters. The fraction of sp³-hybridized carbons (Fsp3) is 1.00. The zero-order valence-corrected chi connectivity index (χ0v) is 12.8. The van der Waals surface area contributed by atoms with Crippen LogP contribution in [0.4, 0.5) is 0 Å². The number of aliphatic hydroxyl groups is 1. The molecule has 0 radical (unpaired) electrons. The summed E-state index contributed by atoms with van der Waals surface area (Å²) in [6, 6.07) is 0. The van der Waals surface area contributed by atoms with Gasteiger partial charge in [-0.2, -0.15) is 0 Å². The molecule has 0 saturated carbocycles. The summed E-state index contributed by atoms with van der Waals surface area (Å²) < 4.78 is 0. The largest absolute Gasteiger partial charge is 0.396 e. The van der Waals surface area contributed by atoms with E-state index in [2.05, 4.69) is 19.2 Å². The van der Waals surface area contributed by atoms with Crippen molar-refractivity contribution in [3.8, 4) is 0 Å². The van der Waals surface area contributed by atoms with Gasteiger partial charge in [-0.1, -0.05) is 61.8 Å². The van der Waals surface area contributed by atoms with Crippen LogP contribution in [0.3, 0.4) is 0 Å². The van der Waals surface area contributed by atoms with Crippen molar-refractivity contribution in [1.29, 1.82) is 0 Å². The Balaban J connectivity index is -0.0000000301. The van der Waals surface area contributed by atoms with E-state index >= 15 is 0 Å². The van der Waals surface area contributed by atoms with Crippen LogP contribution in [0.5, 0.6) is 0 Å². The Morgan fingerprint density at radius 1 is 0.867 bits per heavy atom. The van der Waals surface area contributed by atoms with Gasteiger partial charge in [-0.15, -0.1) is 0 Å². The van der Waals surface area contributed by atoms with Gasteiger partial charge in [0, 0.05) is 6.61 Å². The molecule has 0 aromatic rings. The average Bonchev–Trinajstić information content (AvgIpc) is 2.38. The highest BCUT2D eigenvalue weighted by atomic mass is 16.2. The Bertz CT molecular complexity index is 29.7. The average molecular weight is 223 g/mol. The van der Waals surface area contributed by atoms with Crippen molar-refractivity contribution in [3.63, 3.8) is 0 Å². The van der Waals surface area contributed by atoms with E-state index in [4.69, 9.17) is 5.11 Å². The monoisotopic (exact) mass is 223 g/mol. The van der Waals surface area contributed by atoms with Crippen LogP contribution in [0, 0.1) is 0 Å². The zero-order chi connectivity index (χ0) is 13.5. The maximum absolute atomic E-state index is 8.07. The second-order valence-electron chi connectivity index (χ2n) is 1.78. The van der Waals surface area contributed by atoms with Crippen LogP contribution < -0.4 is 5.32 Å². The van der Waals surface area contributed by atoms with Gasteiger partial charge in [0.2, 0.25) is 0 Å². The van der Waals surface area contributed by atoms with E-state index < -0.39 is 0 Å². The van der Waals surface area contributed by atoms with Crippen LogP contribution in [-0.2, 0) is 0 Å². The van der Waals surface area contributed by atoms with E-state index in [0.29, 0.717) is 6.61 Å². The van der Waals surface area contributed by atoms with E-state index in [1.165, 1.54) is 0 Å². The lowest BCUT2D eigenvalue weighted by molar-refractivity contribution is 0.287. The minimum atomic E-state index is 0.344. The van der Waals surface area contributed by atoms with E-state index in [1.54, 1.807) is 0 Å². The van der Waals surface area contributed by atoms with Crippen LogP contribution in [0.15, 0.2) is 0 Å². The van der Waals surface area contributed by atoms with Crippen molar-refractivity contribution in [2.24, 2.45) is 0 Å². The van der Waals surface area contributed by atoms with Gasteiger partial charge in [-0.3, -0.25) is 0 Å². The molecule has 0 amide bonds. The first-order valence-corrected chi connectivity index (χ1v) is 6.58. The highest BCUT2D eigenvalue weighted by Crippen LogP contribution is 1.78. The van der Waals surface area contributed by atoms with Gasteiger partial charge in [0.05, 0.1) is 0 Å². The molecule has 15 heavy (non-hydrogen) atoms. The van der Waals surface area contributed by atoms with E-state index in [1.807, 2.05) is 48.6 Å². The molecule has 2 N–H and O–H groups in total. The lowest BCUT2D eigenvalue weighted by Crippen LogP contribution is -2.01. The van der Waals surface area contributed by atoms with Crippen molar-refractivity contribution >= 4 is 0 Å². The van der Waals surface area contributed by atoms with Gasteiger partial charge in [0.15, 0.2) is 0 Å². The molecule has 100 valence electrons. The summed E-state index contributed by atoms with van der Waals surface area (Å²) in [4.78, 5) is 0. The smallest absolute Gasteiger partial charge is 0.0430 e. The lowest BCUT2D eigenvalue weighted by atomic mass is 10.4. The molecule has 0 atom stereocenters. The maximum atomic E-state index is 8.07. The molecule has 0 saturated heterocycles. The van der Waals surface area contributed by atoms with Crippen molar-refractivity contribution < 1.29 is 5.11 Å². The molecule has 2 heteroatoms. The molecule has 0 aliphatic heterocycles. The van der Waals surface area contributed by atoms with Gasteiger partial charge in [-0.25, -0.2) is 0 Å². The van der Waals surface area contributed by atoms with Crippen molar-refractivity contribution in [2.75, 3.05) is 20.2 Å². The Morgan fingerprint density at radius 3 is 1.13 bits per heavy atom. The molecule has 0 heterocycles. The zero-order valence-electron chi connectivity index (χ0n) is 12.8. The van der Waals surface area contributed by atoms with Crippen LogP contribution in [0.1, 0.15) is 68.2 Å². The summed E-state index contributed by atoms with van der Waals surface area (Å²) in [5, 5.41) is 11.0. The molecule has 0 fully saturated rings. The molecule has 0 bridgehead atoms. The summed E-state index contributed by atoms with van der Waals surface area (Å²) in [7, 11) is 1.93. The summed E-state index contributed by atoms with van der Waals surface area (Å²) in [6.07, 6.45) is 2.04. The third kappa shape index (κ3) is 232. The van der Waals surface area contributed by atoms with Crippen LogP contribution in [-0.4, -0.2) is 25.3 Å². The lowest BCUT2D eigenvalue weighted by Gasteiger charge is -1.79. The number of hydrogen-bond acceptors (Lipinski definition) is 2. The molecular formula is C13H37NO. The Kier molecular flexibility index (Phi) is 188. The Morgan fingerprint density at radius 2 is 1.13 bits per heavy atom. The normalized spacial score (nSPS) is 6.00. The molecule has 0 aliphatic rings. The SMILES string of the molecule is CC.CC.CC.CCCCO.CCNC. The van der Waals surface area contributed by atoms with Crippen molar-refractivity contribution in [3.05, 3.63) is 0 Å². The fourth-order valence-electron chi connectivity index (χ4n) is 0.158. The molecule has 0 rings (SSSR count).